The van der Waals surface area contributed by atoms with Crippen molar-refractivity contribution >= 4 is 66.1 Å². The van der Waals surface area contributed by atoms with Crippen molar-refractivity contribution in [2.45, 2.75) is 0 Å². The number of aromatic nitrogens is 10. The molecule has 0 saturated carbocycles. The van der Waals surface area contributed by atoms with E-state index in [1.807, 2.05) is 134 Å². The maximum absolute atomic E-state index is 6.26. The zero-order valence-corrected chi connectivity index (χ0v) is 63.4. The first kappa shape index (κ1) is 69.7. The van der Waals surface area contributed by atoms with Gasteiger partial charge in [-0.1, -0.05) is 334 Å². The molecule has 0 atom stereocenters. The van der Waals surface area contributed by atoms with E-state index in [1.54, 1.807) is 0 Å². The van der Waals surface area contributed by atoms with Crippen molar-refractivity contribution in [1.29, 1.82) is 0 Å². The van der Waals surface area contributed by atoms with Crippen LogP contribution < -0.4 is 0 Å². The fraction of sp³-hybridized carbons (Fsp3) is 0. The lowest BCUT2D eigenvalue weighted by Gasteiger charge is -2.10. The van der Waals surface area contributed by atoms with E-state index >= 15 is 0 Å². The first-order chi connectivity index (χ1) is 58.4. The third kappa shape index (κ3) is 13.9. The Kier molecular flexibility index (Phi) is 18.0. The number of pyridine rings is 2. The minimum atomic E-state index is 0.554. The van der Waals surface area contributed by atoms with Gasteiger partial charge in [-0.3, -0.25) is 9.97 Å². The molecule has 12 nitrogen and oxygen atoms in total. The van der Waals surface area contributed by atoms with Gasteiger partial charge in [0.1, 0.15) is 16.7 Å². The van der Waals surface area contributed by atoms with E-state index in [9.17, 15) is 0 Å². The Bertz CT molecular complexity index is 7470. The zero-order chi connectivity index (χ0) is 78.2. The Hall–Kier alpha value is -16.2. The Morgan fingerprint density at radius 2 is 0.483 bits per heavy atom. The molecule has 22 rings (SSSR count). The lowest BCUT2D eigenvalue weighted by molar-refractivity contribution is 0.655. The number of hydrogen-bond donors (Lipinski definition) is 0. The summed E-state index contributed by atoms with van der Waals surface area (Å²) in [4.78, 5) is 48.7. The number of furan rings is 2. The number of fused-ring (bicyclic) bond motifs is 9. The van der Waals surface area contributed by atoms with Crippen LogP contribution in [0.4, 0.5) is 0 Å². The molecule has 552 valence electrons. The van der Waals surface area contributed by atoms with Crippen LogP contribution in [0.1, 0.15) is 0 Å². The molecule has 12 heteroatoms. The van der Waals surface area contributed by atoms with Gasteiger partial charge in [-0.25, -0.2) is 39.9 Å². The van der Waals surface area contributed by atoms with Crippen molar-refractivity contribution in [3.63, 3.8) is 0 Å². The van der Waals surface area contributed by atoms with Gasteiger partial charge in [0, 0.05) is 66.7 Å². The van der Waals surface area contributed by atoms with Crippen molar-refractivity contribution in [3.05, 3.63) is 401 Å². The van der Waals surface area contributed by atoms with Crippen LogP contribution in [-0.4, -0.2) is 49.8 Å². The molecule has 15 aromatic carbocycles. The molecule has 0 radical (unpaired) electrons. The highest BCUT2D eigenvalue weighted by molar-refractivity contribution is 6.14. The van der Waals surface area contributed by atoms with Crippen LogP contribution in [0.25, 0.3) is 224 Å². The molecular weight excluding hydrogens is 1450 g/mol. The van der Waals surface area contributed by atoms with E-state index < -0.39 is 0 Å². The largest absolute Gasteiger partial charge is 0.454 e. The fourth-order valence-corrected chi connectivity index (χ4v) is 15.4. The summed E-state index contributed by atoms with van der Waals surface area (Å²) in [6.07, 6.45) is 3.71. The molecule has 0 saturated heterocycles. The summed E-state index contributed by atoms with van der Waals surface area (Å²) >= 11 is 0. The predicted molar refractivity (Wildman–Crippen MR) is 477 cm³/mol. The monoisotopic (exact) mass is 1510 g/mol. The summed E-state index contributed by atoms with van der Waals surface area (Å²) in [6, 6.07) is 133. The van der Waals surface area contributed by atoms with E-state index in [-0.39, 0.29) is 0 Å². The highest BCUT2D eigenvalue weighted by atomic mass is 16.3. The maximum Gasteiger partial charge on any atom is 0.246 e. The molecule has 0 fully saturated rings. The SMILES string of the molecule is c1ccc(-c2ccc(-c3nc(-c4ccccc4)nc(-c4ccc(-c5cccc(-c6ccc(-c7cc8c(cn7)oc7c9ccccc9ncc87)cc6)c5)cc4)n3)cc2)cc1.c1ccc(-c2ccc(-c3nc(-c4ccccc4)nc(-c4ccc(-c5cccc(-c6ccc(-c7ccc8c(c7)oc7nc9ccccc9nc78)cc6)c5)cc4)n3)cc2)cc1. The highest BCUT2D eigenvalue weighted by Crippen LogP contribution is 2.40. The Morgan fingerprint density at radius 1 is 0.169 bits per heavy atom. The summed E-state index contributed by atoms with van der Waals surface area (Å²) in [5.74, 6) is 3.80. The average Bonchev–Trinajstić information content (AvgIpc) is 1.60. The van der Waals surface area contributed by atoms with Crippen molar-refractivity contribution in [3.8, 4) is 157 Å². The van der Waals surface area contributed by atoms with Gasteiger partial charge in [0.25, 0.3) is 0 Å². The quantitative estimate of drug-likeness (QED) is 0.102. The van der Waals surface area contributed by atoms with E-state index in [1.165, 1.54) is 11.1 Å². The van der Waals surface area contributed by atoms with E-state index in [0.29, 0.717) is 40.7 Å². The van der Waals surface area contributed by atoms with Gasteiger partial charge >= 0.3 is 0 Å². The summed E-state index contributed by atoms with van der Waals surface area (Å²) < 4.78 is 12.4. The van der Waals surface area contributed by atoms with E-state index in [0.717, 1.165) is 172 Å². The third-order valence-electron chi connectivity index (χ3n) is 21.7. The molecule has 0 aliphatic rings. The third-order valence-corrected chi connectivity index (χ3v) is 21.7. The van der Waals surface area contributed by atoms with Gasteiger partial charge in [0.2, 0.25) is 5.71 Å². The second kappa shape index (κ2) is 30.4. The Morgan fingerprint density at radius 3 is 0.907 bits per heavy atom. The summed E-state index contributed by atoms with van der Waals surface area (Å²) in [5.41, 5.74) is 29.6. The smallest absolute Gasteiger partial charge is 0.246 e. The van der Waals surface area contributed by atoms with Crippen LogP contribution in [0.15, 0.2) is 409 Å². The summed E-state index contributed by atoms with van der Waals surface area (Å²) in [6.45, 7) is 0. The van der Waals surface area contributed by atoms with Crippen molar-refractivity contribution in [2.75, 3.05) is 0 Å². The first-order valence-corrected chi connectivity index (χ1v) is 39.1. The Labute approximate surface area is 678 Å². The van der Waals surface area contributed by atoms with Crippen molar-refractivity contribution in [1.82, 2.24) is 49.8 Å². The van der Waals surface area contributed by atoms with E-state index in [4.69, 9.17) is 53.7 Å². The van der Waals surface area contributed by atoms with Gasteiger partial charge in [-0.05, 0) is 132 Å². The second-order valence-corrected chi connectivity index (χ2v) is 29.1. The summed E-state index contributed by atoms with van der Waals surface area (Å²) in [5, 5.41) is 3.96. The van der Waals surface area contributed by atoms with Crippen LogP contribution in [0.5, 0.6) is 0 Å². The molecule has 118 heavy (non-hydrogen) atoms. The minimum Gasteiger partial charge on any atom is -0.454 e. The van der Waals surface area contributed by atoms with Crippen LogP contribution in [0.2, 0.25) is 0 Å². The topological polar surface area (TPSA) is 155 Å². The molecule has 0 aliphatic carbocycles. The molecule has 22 aromatic rings. The van der Waals surface area contributed by atoms with Gasteiger partial charge in [-0.2, -0.15) is 0 Å². The number of para-hydroxylation sites is 3. The lowest BCUT2D eigenvalue weighted by atomic mass is 9.96. The predicted octanol–water partition coefficient (Wildman–Crippen LogP) is 26.8. The molecule has 7 heterocycles. The highest BCUT2D eigenvalue weighted by Gasteiger charge is 2.20. The Balaban J connectivity index is 0.000000147. The fourth-order valence-electron chi connectivity index (χ4n) is 15.4. The van der Waals surface area contributed by atoms with Crippen LogP contribution in [0.3, 0.4) is 0 Å². The van der Waals surface area contributed by atoms with Gasteiger partial charge < -0.3 is 8.83 Å². The van der Waals surface area contributed by atoms with Crippen molar-refractivity contribution < 1.29 is 8.83 Å². The molecule has 0 aliphatic heterocycles. The van der Waals surface area contributed by atoms with Crippen LogP contribution >= 0.6 is 0 Å². The lowest BCUT2D eigenvalue weighted by Crippen LogP contribution is -2.00. The molecule has 0 bridgehead atoms. The van der Waals surface area contributed by atoms with E-state index in [2.05, 4.69) is 272 Å². The molecule has 0 N–H and O–H groups in total. The number of hydrogen-bond acceptors (Lipinski definition) is 12. The maximum atomic E-state index is 6.26. The standard InChI is InChI=1S/2C53H33N5O/c1-3-10-34(11-4-1)35-20-26-40(27-21-35)52-56-51(39-12-5-2-6-13-39)57-53(58-52)41-28-22-37(23-29-41)43-15-9-14-42(30-43)36-18-24-38(25-19-36)48-31-45-46-32-54-47-17-8-7-16-44(47)50(46)59-49(45)33-55-48;1-3-10-34(11-4-1)35-22-26-40(27-23-35)51-56-50(39-12-5-2-6-13-39)57-52(58-51)41-28-24-37(25-29-41)43-15-9-14-42(32-43)36-18-20-38(21-19-36)44-30-31-45-48(33-44)59-53-49(45)54-46-16-7-8-17-47(46)55-53/h2*1-33H. The molecule has 0 unspecified atom stereocenters. The second-order valence-electron chi connectivity index (χ2n) is 29.1. The molecular formula is C106H66N10O2. The average molecular weight is 1510 g/mol. The van der Waals surface area contributed by atoms with Gasteiger partial charge in [0.15, 0.2) is 40.5 Å². The van der Waals surface area contributed by atoms with Crippen LogP contribution in [-0.2, 0) is 0 Å². The van der Waals surface area contributed by atoms with Crippen molar-refractivity contribution in [2.24, 2.45) is 0 Å². The van der Waals surface area contributed by atoms with Crippen LogP contribution in [0, 0.1) is 0 Å². The zero-order valence-electron chi connectivity index (χ0n) is 63.4. The normalized spacial score (nSPS) is 11.4. The first-order valence-electron chi connectivity index (χ1n) is 39.1. The molecule has 7 aromatic heterocycles. The van der Waals surface area contributed by atoms with Gasteiger partial charge in [0.05, 0.1) is 28.4 Å². The molecule has 0 amide bonds. The number of benzene rings is 15. The minimum absolute atomic E-state index is 0.554. The van der Waals surface area contributed by atoms with Gasteiger partial charge in [-0.15, -0.1) is 0 Å². The summed E-state index contributed by atoms with van der Waals surface area (Å²) in [7, 11) is 0. The molecule has 0 spiro atoms. The number of nitrogens with zero attached hydrogens (tertiary/aromatic N) is 10. The number of rotatable bonds is 14.